The summed E-state index contributed by atoms with van der Waals surface area (Å²) in [7, 11) is 0. The fourth-order valence-electron chi connectivity index (χ4n) is 1.73. The van der Waals surface area contributed by atoms with E-state index in [1.807, 2.05) is 4.90 Å². The van der Waals surface area contributed by atoms with Crippen molar-refractivity contribution < 1.29 is 4.79 Å². The van der Waals surface area contributed by atoms with Crippen LogP contribution in [0.3, 0.4) is 0 Å². The zero-order valence-electron chi connectivity index (χ0n) is 9.55. The molecule has 0 aromatic heterocycles. The molecule has 0 saturated carbocycles. The molecule has 1 aliphatic heterocycles. The number of nitrogens with one attached hydrogen (secondary N) is 1. The summed E-state index contributed by atoms with van der Waals surface area (Å²) in [5, 5.41) is 3.34. The van der Waals surface area contributed by atoms with E-state index in [1.54, 1.807) is 0 Å². The Morgan fingerprint density at radius 2 is 2.29 bits per heavy atom. The van der Waals surface area contributed by atoms with Crippen molar-refractivity contribution in [3.8, 4) is 0 Å². The molecule has 1 aliphatic rings. The smallest absolute Gasteiger partial charge is 0.222 e. The molecule has 3 heteroatoms. The molecule has 0 bridgehead atoms. The molecule has 14 heavy (non-hydrogen) atoms. The molecule has 0 spiro atoms. The van der Waals surface area contributed by atoms with Crippen molar-refractivity contribution in [2.45, 2.75) is 39.7 Å². The van der Waals surface area contributed by atoms with E-state index in [4.69, 9.17) is 0 Å². The molecule has 3 nitrogen and oxygen atoms in total. The SMILES string of the molecule is CC(C)CCC(=O)N1CCNC(C)C1. The first-order valence-corrected chi connectivity index (χ1v) is 5.60. The Kier molecular flexibility index (Phi) is 4.39. The maximum atomic E-state index is 11.7. The third-order valence-electron chi connectivity index (χ3n) is 2.66. The fourth-order valence-corrected chi connectivity index (χ4v) is 1.73. The van der Waals surface area contributed by atoms with E-state index in [1.165, 1.54) is 0 Å². The molecule has 0 aliphatic carbocycles. The Labute approximate surface area is 86.9 Å². The fraction of sp³-hybridized carbons (Fsp3) is 0.909. The van der Waals surface area contributed by atoms with Crippen molar-refractivity contribution in [3.63, 3.8) is 0 Å². The molecule has 1 rings (SSSR count). The number of hydrogen-bond acceptors (Lipinski definition) is 2. The van der Waals surface area contributed by atoms with Gasteiger partial charge in [-0.2, -0.15) is 0 Å². The van der Waals surface area contributed by atoms with E-state index in [0.29, 0.717) is 24.3 Å². The summed E-state index contributed by atoms with van der Waals surface area (Å²) >= 11 is 0. The first-order chi connectivity index (χ1) is 6.59. The second-order valence-electron chi connectivity index (χ2n) is 4.63. The van der Waals surface area contributed by atoms with E-state index in [-0.39, 0.29) is 0 Å². The lowest BCUT2D eigenvalue weighted by Crippen LogP contribution is -2.51. The second kappa shape index (κ2) is 5.35. The zero-order chi connectivity index (χ0) is 10.6. The largest absolute Gasteiger partial charge is 0.340 e. The third kappa shape index (κ3) is 3.66. The van der Waals surface area contributed by atoms with Gasteiger partial charge in [-0.1, -0.05) is 13.8 Å². The molecule has 82 valence electrons. The number of rotatable bonds is 3. The van der Waals surface area contributed by atoms with Gasteiger partial charge in [0.2, 0.25) is 5.91 Å². The summed E-state index contributed by atoms with van der Waals surface area (Å²) in [6, 6.07) is 0.451. The molecule has 0 aromatic rings. The summed E-state index contributed by atoms with van der Waals surface area (Å²) in [4.78, 5) is 13.7. The van der Waals surface area contributed by atoms with Gasteiger partial charge in [0, 0.05) is 32.1 Å². The molecular weight excluding hydrogens is 176 g/mol. The van der Waals surface area contributed by atoms with E-state index in [9.17, 15) is 4.79 Å². The first kappa shape index (κ1) is 11.5. The van der Waals surface area contributed by atoms with Gasteiger partial charge in [-0.05, 0) is 19.3 Å². The molecule has 0 aromatic carbocycles. The van der Waals surface area contributed by atoms with Crippen LogP contribution in [0, 0.1) is 5.92 Å². The highest BCUT2D eigenvalue weighted by Gasteiger charge is 2.19. The van der Waals surface area contributed by atoms with Gasteiger partial charge < -0.3 is 10.2 Å². The van der Waals surface area contributed by atoms with Crippen molar-refractivity contribution in [1.82, 2.24) is 10.2 Å². The average molecular weight is 198 g/mol. The molecule has 1 atom stereocenters. The highest BCUT2D eigenvalue weighted by atomic mass is 16.2. The standard InChI is InChI=1S/C11H22N2O/c1-9(2)4-5-11(14)13-7-6-12-10(3)8-13/h9-10,12H,4-8H2,1-3H3. The van der Waals surface area contributed by atoms with Crippen LogP contribution in [0.1, 0.15) is 33.6 Å². The average Bonchev–Trinajstić information content (AvgIpc) is 2.14. The lowest BCUT2D eigenvalue weighted by atomic mass is 10.1. The Morgan fingerprint density at radius 3 is 2.86 bits per heavy atom. The molecule has 1 unspecified atom stereocenters. The summed E-state index contributed by atoms with van der Waals surface area (Å²) in [5.41, 5.74) is 0. The predicted molar refractivity (Wildman–Crippen MR) is 58.1 cm³/mol. The van der Waals surface area contributed by atoms with Crippen LogP contribution in [-0.2, 0) is 4.79 Å². The number of carbonyl (C=O) groups excluding carboxylic acids is 1. The van der Waals surface area contributed by atoms with Gasteiger partial charge in [0.25, 0.3) is 0 Å². The van der Waals surface area contributed by atoms with Gasteiger partial charge >= 0.3 is 0 Å². The Hall–Kier alpha value is -0.570. The molecule has 1 heterocycles. The minimum absolute atomic E-state index is 0.326. The van der Waals surface area contributed by atoms with Gasteiger partial charge in [-0.3, -0.25) is 4.79 Å². The number of hydrogen-bond donors (Lipinski definition) is 1. The number of nitrogens with zero attached hydrogens (tertiary/aromatic N) is 1. The Morgan fingerprint density at radius 1 is 1.57 bits per heavy atom. The van der Waals surface area contributed by atoms with Crippen LogP contribution in [0.5, 0.6) is 0 Å². The van der Waals surface area contributed by atoms with Crippen molar-refractivity contribution in [2.75, 3.05) is 19.6 Å². The van der Waals surface area contributed by atoms with E-state index in [2.05, 4.69) is 26.1 Å². The number of amides is 1. The van der Waals surface area contributed by atoms with Crippen LogP contribution in [0.2, 0.25) is 0 Å². The van der Waals surface area contributed by atoms with E-state index < -0.39 is 0 Å². The summed E-state index contributed by atoms with van der Waals surface area (Å²) in [6.07, 6.45) is 1.72. The van der Waals surface area contributed by atoms with Crippen molar-refractivity contribution in [3.05, 3.63) is 0 Å². The molecule has 1 fully saturated rings. The molecule has 0 radical (unpaired) electrons. The normalized spacial score (nSPS) is 22.9. The lowest BCUT2D eigenvalue weighted by molar-refractivity contribution is -0.132. The summed E-state index contributed by atoms with van der Waals surface area (Å²) in [6.45, 7) is 9.13. The summed E-state index contributed by atoms with van der Waals surface area (Å²) in [5.74, 6) is 0.950. The molecule has 1 amide bonds. The topological polar surface area (TPSA) is 32.3 Å². The molecular formula is C11H22N2O. The molecule has 1 N–H and O–H groups in total. The van der Waals surface area contributed by atoms with Crippen LogP contribution in [0.25, 0.3) is 0 Å². The maximum Gasteiger partial charge on any atom is 0.222 e. The maximum absolute atomic E-state index is 11.7. The Bertz CT molecular complexity index is 192. The van der Waals surface area contributed by atoms with Crippen LogP contribution >= 0.6 is 0 Å². The minimum atomic E-state index is 0.326. The minimum Gasteiger partial charge on any atom is -0.340 e. The lowest BCUT2D eigenvalue weighted by Gasteiger charge is -2.32. The Balaban J connectivity index is 2.29. The van der Waals surface area contributed by atoms with Crippen molar-refractivity contribution >= 4 is 5.91 Å². The first-order valence-electron chi connectivity index (χ1n) is 5.60. The monoisotopic (exact) mass is 198 g/mol. The van der Waals surface area contributed by atoms with E-state index >= 15 is 0 Å². The van der Waals surface area contributed by atoms with Gasteiger partial charge in [0.15, 0.2) is 0 Å². The predicted octanol–water partition coefficient (Wildman–Crippen LogP) is 1.24. The van der Waals surface area contributed by atoms with Gasteiger partial charge in [0.05, 0.1) is 0 Å². The quantitative estimate of drug-likeness (QED) is 0.740. The zero-order valence-corrected chi connectivity index (χ0v) is 9.55. The number of piperazine rings is 1. The van der Waals surface area contributed by atoms with Crippen LogP contribution < -0.4 is 5.32 Å². The number of carbonyl (C=O) groups is 1. The highest BCUT2D eigenvalue weighted by molar-refractivity contribution is 5.76. The van der Waals surface area contributed by atoms with Crippen molar-refractivity contribution in [2.24, 2.45) is 5.92 Å². The van der Waals surface area contributed by atoms with E-state index in [0.717, 1.165) is 26.1 Å². The van der Waals surface area contributed by atoms with Crippen LogP contribution in [0.4, 0.5) is 0 Å². The summed E-state index contributed by atoms with van der Waals surface area (Å²) < 4.78 is 0. The van der Waals surface area contributed by atoms with Crippen LogP contribution in [0.15, 0.2) is 0 Å². The third-order valence-corrected chi connectivity index (χ3v) is 2.66. The second-order valence-corrected chi connectivity index (χ2v) is 4.63. The highest BCUT2D eigenvalue weighted by Crippen LogP contribution is 2.08. The van der Waals surface area contributed by atoms with Gasteiger partial charge in [0.1, 0.15) is 0 Å². The van der Waals surface area contributed by atoms with Crippen LogP contribution in [-0.4, -0.2) is 36.5 Å². The van der Waals surface area contributed by atoms with Gasteiger partial charge in [-0.25, -0.2) is 0 Å². The van der Waals surface area contributed by atoms with Crippen molar-refractivity contribution in [1.29, 1.82) is 0 Å². The van der Waals surface area contributed by atoms with Gasteiger partial charge in [-0.15, -0.1) is 0 Å². The molecule has 1 saturated heterocycles.